The predicted molar refractivity (Wildman–Crippen MR) is 75.8 cm³/mol. The van der Waals surface area contributed by atoms with Crippen molar-refractivity contribution in [1.29, 1.82) is 0 Å². The van der Waals surface area contributed by atoms with E-state index in [1.54, 1.807) is 0 Å². The van der Waals surface area contributed by atoms with Gasteiger partial charge in [-0.1, -0.05) is 43.4 Å². The van der Waals surface area contributed by atoms with Crippen LogP contribution in [0.3, 0.4) is 0 Å². The van der Waals surface area contributed by atoms with Gasteiger partial charge in [-0.25, -0.2) is 0 Å². The first-order chi connectivity index (χ1) is 8.24. The van der Waals surface area contributed by atoms with E-state index in [2.05, 4.69) is 47.6 Å². The number of rotatable bonds is 4. The van der Waals surface area contributed by atoms with Crippen molar-refractivity contribution in [2.24, 2.45) is 0 Å². The van der Waals surface area contributed by atoms with E-state index in [9.17, 15) is 0 Å². The molecular weight excluding hydrogens is 250 g/mol. The van der Waals surface area contributed by atoms with Crippen molar-refractivity contribution in [3.05, 3.63) is 33.3 Å². The Balaban J connectivity index is 2.39. The Hall–Kier alpha value is -1.20. The molecule has 0 unspecified atom stereocenters. The van der Waals surface area contributed by atoms with E-state index in [0.717, 1.165) is 18.0 Å². The molecule has 0 bridgehead atoms. The Kier molecular flexibility index (Phi) is 3.91. The van der Waals surface area contributed by atoms with E-state index in [-0.39, 0.29) is 0 Å². The van der Waals surface area contributed by atoms with Gasteiger partial charge in [0.15, 0.2) is 3.95 Å². The second-order valence-electron chi connectivity index (χ2n) is 3.70. The maximum absolute atomic E-state index is 5.03. The van der Waals surface area contributed by atoms with E-state index in [1.165, 1.54) is 28.2 Å². The summed E-state index contributed by atoms with van der Waals surface area (Å²) < 4.78 is 0.694. The highest BCUT2D eigenvalue weighted by molar-refractivity contribution is 7.73. The lowest BCUT2D eigenvalue weighted by atomic mass is 10.0. The van der Waals surface area contributed by atoms with Gasteiger partial charge in [-0.3, -0.25) is 5.10 Å². The Morgan fingerprint density at radius 1 is 1.29 bits per heavy atom. The van der Waals surface area contributed by atoms with E-state index >= 15 is 0 Å². The molecule has 0 spiro atoms. The average Bonchev–Trinajstić information content (AvgIpc) is 2.75. The summed E-state index contributed by atoms with van der Waals surface area (Å²) in [7, 11) is 0. The molecular formula is C12H15N3S2. The first-order valence-corrected chi connectivity index (χ1v) is 6.90. The van der Waals surface area contributed by atoms with Crippen molar-refractivity contribution >= 4 is 34.4 Å². The first-order valence-electron chi connectivity index (χ1n) is 5.67. The van der Waals surface area contributed by atoms with Crippen LogP contribution in [0.4, 0.5) is 10.8 Å². The summed E-state index contributed by atoms with van der Waals surface area (Å²) in [6.07, 6.45) is 2.01. The molecule has 0 radical (unpaired) electrons. The van der Waals surface area contributed by atoms with Crippen LogP contribution in [-0.4, -0.2) is 10.2 Å². The molecule has 0 saturated carbocycles. The molecule has 5 heteroatoms. The normalized spacial score (nSPS) is 10.5. The van der Waals surface area contributed by atoms with Crippen LogP contribution in [0.1, 0.15) is 25.0 Å². The van der Waals surface area contributed by atoms with E-state index in [1.807, 2.05) is 0 Å². The van der Waals surface area contributed by atoms with Crippen LogP contribution in [0.25, 0.3) is 0 Å². The maximum atomic E-state index is 5.03. The lowest BCUT2D eigenvalue weighted by Gasteiger charge is -2.12. The SMILES string of the molecule is CCc1cccc(CC)c1Nc1n[nH]c(=S)s1. The van der Waals surface area contributed by atoms with Gasteiger partial charge in [0.25, 0.3) is 0 Å². The molecule has 2 rings (SSSR count). The van der Waals surface area contributed by atoms with Crippen LogP contribution in [0.5, 0.6) is 0 Å². The number of nitrogens with zero attached hydrogens (tertiary/aromatic N) is 1. The van der Waals surface area contributed by atoms with Gasteiger partial charge >= 0.3 is 0 Å². The highest BCUT2D eigenvalue weighted by Crippen LogP contribution is 2.27. The minimum absolute atomic E-state index is 0.694. The lowest BCUT2D eigenvalue weighted by Crippen LogP contribution is -1.99. The lowest BCUT2D eigenvalue weighted by molar-refractivity contribution is 1.06. The van der Waals surface area contributed by atoms with Gasteiger partial charge in [0, 0.05) is 5.69 Å². The van der Waals surface area contributed by atoms with E-state index in [4.69, 9.17) is 12.2 Å². The molecule has 0 atom stereocenters. The number of para-hydroxylation sites is 1. The molecule has 0 aliphatic rings. The van der Waals surface area contributed by atoms with Crippen molar-refractivity contribution in [3.8, 4) is 0 Å². The number of benzene rings is 1. The molecule has 0 aliphatic heterocycles. The number of hydrogen-bond donors (Lipinski definition) is 2. The van der Waals surface area contributed by atoms with Gasteiger partial charge < -0.3 is 5.32 Å². The van der Waals surface area contributed by atoms with Crippen LogP contribution >= 0.6 is 23.6 Å². The third-order valence-corrected chi connectivity index (χ3v) is 3.67. The third kappa shape index (κ3) is 2.73. The Labute approximate surface area is 110 Å². The topological polar surface area (TPSA) is 40.7 Å². The molecule has 1 aromatic heterocycles. The van der Waals surface area contributed by atoms with Gasteiger partial charge in [-0.15, -0.1) is 5.10 Å². The van der Waals surface area contributed by atoms with E-state index in [0.29, 0.717) is 3.95 Å². The Morgan fingerprint density at radius 3 is 2.41 bits per heavy atom. The van der Waals surface area contributed by atoms with Crippen LogP contribution in [-0.2, 0) is 12.8 Å². The number of aromatic amines is 1. The molecule has 0 aliphatic carbocycles. The van der Waals surface area contributed by atoms with Crippen molar-refractivity contribution < 1.29 is 0 Å². The van der Waals surface area contributed by atoms with Gasteiger partial charge in [0.05, 0.1) is 0 Å². The third-order valence-electron chi connectivity index (χ3n) is 2.67. The van der Waals surface area contributed by atoms with Crippen molar-refractivity contribution in [2.75, 3.05) is 5.32 Å². The highest BCUT2D eigenvalue weighted by Gasteiger charge is 2.07. The number of nitrogens with one attached hydrogen (secondary N) is 2. The molecule has 2 aromatic rings. The standard InChI is InChI=1S/C12H15N3S2/c1-3-8-6-5-7-9(4-2)10(8)13-11-14-15-12(16)17-11/h5-7H,3-4H2,1-2H3,(H,13,14)(H,15,16). The average molecular weight is 265 g/mol. The zero-order valence-corrected chi connectivity index (χ0v) is 11.5. The summed E-state index contributed by atoms with van der Waals surface area (Å²) in [5.74, 6) is 0. The second-order valence-corrected chi connectivity index (χ2v) is 5.37. The summed E-state index contributed by atoms with van der Waals surface area (Å²) in [5.41, 5.74) is 3.80. The van der Waals surface area contributed by atoms with Gasteiger partial charge in [0.1, 0.15) is 0 Å². The fourth-order valence-electron chi connectivity index (χ4n) is 1.79. The number of aryl methyl sites for hydroxylation is 2. The Bertz CT molecular complexity index is 535. The van der Waals surface area contributed by atoms with Crippen LogP contribution in [0.2, 0.25) is 0 Å². The van der Waals surface area contributed by atoms with Crippen molar-refractivity contribution in [1.82, 2.24) is 10.2 Å². The molecule has 90 valence electrons. The predicted octanol–water partition coefficient (Wildman–Crippen LogP) is 4.07. The molecule has 1 heterocycles. The summed E-state index contributed by atoms with van der Waals surface area (Å²) in [5, 5.41) is 11.1. The molecule has 0 amide bonds. The Morgan fingerprint density at radius 2 is 1.94 bits per heavy atom. The van der Waals surface area contributed by atoms with Crippen LogP contribution in [0, 0.1) is 3.95 Å². The van der Waals surface area contributed by atoms with Crippen molar-refractivity contribution in [2.45, 2.75) is 26.7 Å². The molecule has 0 fully saturated rings. The zero-order valence-electron chi connectivity index (χ0n) is 9.91. The summed E-state index contributed by atoms with van der Waals surface area (Å²) in [4.78, 5) is 0. The quantitative estimate of drug-likeness (QED) is 0.819. The van der Waals surface area contributed by atoms with Crippen molar-refractivity contribution in [3.63, 3.8) is 0 Å². The molecule has 3 nitrogen and oxygen atoms in total. The monoisotopic (exact) mass is 265 g/mol. The molecule has 1 aromatic carbocycles. The second kappa shape index (κ2) is 5.42. The molecule has 0 saturated heterocycles. The number of anilines is 2. The zero-order chi connectivity index (χ0) is 12.3. The molecule has 2 N–H and O–H groups in total. The van der Waals surface area contributed by atoms with Crippen LogP contribution in [0.15, 0.2) is 18.2 Å². The summed E-state index contributed by atoms with van der Waals surface area (Å²) in [6, 6.07) is 6.40. The highest BCUT2D eigenvalue weighted by atomic mass is 32.1. The number of hydrogen-bond acceptors (Lipinski definition) is 4. The number of H-pyrrole nitrogens is 1. The first kappa shape index (κ1) is 12.3. The van der Waals surface area contributed by atoms with Gasteiger partial charge in [0.2, 0.25) is 5.13 Å². The van der Waals surface area contributed by atoms with Gasteiger partial charge in [-0.05, 0) is 36.2 Å². The fourth-order valence-corrected chi connectivity index (χ4v) is 2.59. The van der Waals surface area contributed by atoms with Gasteiger partial charge in [-0.2, -0.15) is 0 Å². The minimum atomic E-state index is 0.694. The number of aromatic nitrogens is 2. The summed E-state index contributed by atoms with van der Waals surface area (Å²) in [6.45, 7) is 4.32. The smallest absolute Gasteiger partial charge is 0.208 e. The minimum Gasteiger partial charge on any atom is -0.330 e. The maximum Gasteiger partial charge on any atom is 0.208 e. The van der Waals surface area contributed by atoms with Crippen LogP contribution < -0.4 is 5.32 Å². The largest absolute Gasteiger partial charge is 0.330 e. The summed E-state index contributed by atoms with van der Waals surface area (Å²) >= 11 is 6.49. The fraction of sp³-hybridized carbons (Fsp3) is 0.333. The van der Waals surface area contributed by atoms with E-state index < -0.39 is 0 Å². The molecule has 17 heavy (non-hydrogen) atoms.